The summed E-state index contributed by atoms with van der Waals surface area (Å²) in [6.07, 6.45) is 0.795. The maximum atomic E-state index is 13.4. The number of ether oxygens (including phenoxy) is 1. The minimum absolute atomic E-state index is 0.00157. The highest BCUT2D eigenvalue weighted by Crippen LogP contribution is 2.10. The summed E-state index contributed by atoms with van der Waals surface area (Å²) >= 11 is 0. The normalized spacial score (nSPS) is 11.5. The summed E-state index contributed by atoms with van der Waals surface area (Å²) in [5, 5.41) is 2.95. The van der Waals surface area contributed by atoms with Crippen molar-refractivity contribution in [1.29, 1.82) is 0 Å². The highest BCUT2D eigenvalue weighted by atomic mass is 19.1. The molecule has 20 heavy (non-hydrogen) atoms. The molecule has 1 rings (SSSR count). The topological polar surface area (TPSA) is 71.7 Å². The van der Waals surface area contributed by atoms with Gasteiger partial charge >= 0.3 is 0 Å². The zero-order chi connectivity index (χ0) is 14.8. The highest BCUT2D eigenvalue weighted by Gasteiger charge is 2.03. The van der Waals surface area contributed by atoms with Crippen LogP contribution in [0, 0.1) is 11.6 Å². The number of nitrogens with two attached hydrogens (primary N) is 1. The molecule has 112 valence electrons. The van der Waals surface area contributed by atoms with Crippen molar-refractivity contribution in [2.24, 2.45) is 10.8 Å². The minimum atomic E-state index is -0.497. The van der Waals surface area contributed by atoms with Crippen molar-refractivity contribution >= 4 is 5.96 Å². The lowest BCUT2D eigenvalue weighted by molar-refractivity contribution is 0.145. The lowest BCUT2D eigenvalue weighted by Gasteiger charge is -2.09. The van der Waals surface area contributed by atoms with E-state index in [2.05, 4.69) is 15.7 Å². The zero-order valence-corrected chi connectivity index (χ0v) is 11.5. The Bertz CT molecular complexity index is 440. The van der Waals surface area contributed by atoms with E-state index in [0.717, 1.165) is 24.6 Å². The molecule has 0 heterocycles. The molecule has 7 heteroatoms. The number of nitrogens with zero attached hydrogens (tertiary/aromatic N) is 1. The highest BCUT2D eigenvalue weighted by molar-refractivity contribution is 5.79. The van der Waals surface area contributed by atoms with Crippen molar-refractivity contribution in [3.8, 4) is 0 Å². The number of guanidine groups is 1. The summed E-state index contributed by atoms with van der Waals surface area (Å²) in [5.41, 5.74) is 2.55. The van der Waals surface area contributed by atoms with Gasteiger partial charge in [-0.15, -0.1) is 0 Å². The third kappa shape index (κ3) is 5.94. The largest absolute Gasteiger partial charge is 0.382 e. The van der Waals surface area contributed by atoms with Crippen LogP contribution in [0.3, 0.4) is 0 Å². The molecule has 0 amide bonds. The second-order valence-electron chi connectivity index (χ2n) is 4.02. The van der Waals surface area contributed by atoms with Gasteiger partial charge in [0.1, 0.15) is 11.6 Å². The van der Waals surface area contributed by atoms with Gasteiger partial charge in [-0.2, -0.15) is 0 Å². The Balaban J connectivity index is 2.46. The van der Waals surface area contributed by atoms with Crippen LogP contribution in [0.15, 0.2) is 23.2 Å². The minimum Gasteiger partial charge on any atom is -0.382 e. The first-order chi connectivity index (χ1) is 9.67. The third-order valence-electron chi connectivity index (χ3n) is 2.51. The average Bonchev–Trinajstić information content (AvgIpc) is 2.45. The van der Waals surface area contributed by atoms with E-state index in [9.17, 15) is 8.78 Å². The standard InChI is InChI=1S/C13H20F2N4O/c1-2-20-7-3-6-17-13(19-16)18-9-10-8-11(14)4-5-12(10)15/h4-5,8H,2-3,6-7,9,16H2,1H3,(H2,17,18,19). The first-order valence-electron chi connectivity index (χ1n) is 6.44. The molecule has 0 bridgehead atoms. The molecular formula is C13H20F2N4O. The van der Waals surface area contributed by atoms with Crippen LogP contribution in [-0.4, -0.2) is 25.7 Å². The van der Waals surface area contributed by atoms with Crippen LogP contribution >= 0.6 is 0 Å². The van der Waals surface area contributed by atoms with Gasteiger partial charge in [0.25, 0.3) is 0 Å². The fourth-order valence-corrected chi connectivity index (χ4v) is 1.51. The van der Waals surface area contributed by atoms with Gasteiger partial charge in [-0.3, -0.25) is 5.43 Å². The molecule has 0 fully saturated rings. The van der Waals surface area contributed by atoms with Gasteiger partial charge in [-0.25, -0.2) is 19.6 Å². The Morgan fingerprint density at radius 3 is 2.90 bits per heavy atom. The van der Waals surface area contributed by atoms with E-state index in [1.807, 2.05) is 6.92 Å². The lowest BCUT2D eigenvalue weighted by atomic mass is 10.2. The average molecular weight is 286 g/mol. The number of rotatable bonds is 7. The van der Waals surface area contributed by atoms with Crippen molar-refractivity contribution in [2.75, 3.05) is 19.8 Å². The maximum absolute atomic E-state index is 13.4. The quantitative estimate of drug-likeness (QED) is 0.232. The predicted molar refractivity (Wildman–Crippen MR) is 73.9 cm³/mol. The van der Waals surface area contributed by atoms with Crippen molar-refractivity contribution in [3.05, 3.63) is 35.4 Å². The van der Waals surface area contributed by atoms with Crippen molar-refractivity contribution in [3.63, 3.8) is 0 Å². The molecule has 0 aliphatic carbocycles. The number of nitrogens with one attached hydrogen (secondary N) is 2. The number of hydrogen-bond donors (Lipinski definition) is 3. The Kier molecular flexibility index (Phi) is 7.52. The number of benzene rings is 1. The van der Waals surface area contributed by atoms with Crippen molar-refractivity contribution < 1.29 is 13.5 Å². The van der Waals surface area contributed by atoms with Gasteiger partial charge in [0.2, 0.25) is 5.96 Å². The molecule has 0 aromatic heterocycles. The number of halogens is 2. The molecular weight excluding hydrogens is 266 g/mol. The van der Waals surface area contributed by atoms with E-state index in [1.54, 1.807) is 0 Å². The van der Waals surface area contributed by atoms with Crippen LogP contribution in [0.5, 0.6) is 0 Å². The Morgan fingerprint density at radius 1 is 1.40 bits per heavy atom. The van der Waals surface area contributed by atoms with Gasteiger partial charge in [0.15, 0.2) is 0 Å². The molecule has 1 aromatic carbocycles. The first kappa shape index (κ1) is 16.3. The molecule has 0 atom stereocenters. The first-order valence-corrected chi connectivity index (χ1v) is 6.44. The molecule has 1 aromatic rings. The second-order valence-corrected chi connectivity index (χ2v) is 4.02. The van der Waals surface area contributed by atoms with E-state index < -0.39 is 11.6 Å². The lowest BCUT2D eigenvalue weighted by Crippen LogP contribution is -2.42. The molecule has 4 N–H and O–H groups in total. The fraction of sp³-hybridized carbons (Fsp3) is 0.462. The molecule has 0 spiro atoms. The van der Waals surface area contributed by atoms with Crippen LogP contribution in [0.2, 0.25) is 0 Å². The van der Waals surface area contributed by atoms with Crippen LogP contribution in [0.4, 0.5) is 8.78 Å². The zero-order valence-electron chi connectivity index (χ0n) is 11.5. The smallest absolute Gasteiger partial charge is 0.206 e. The molecule has 0 radical (unpaired) electrons. The van der Waals surface area contributed by atoms with E-state index in [4.69, 9.17) is 10.6 Å². The van der Waals surface area contributed by atoms with E-state index in [1.165, 1.54) is 0 Å². The Morgan fingerprint density at radius 2 is 2.20 bits per heavy atom. The van der Waals surface area contributed by atoms with Gasteiger partial charge in [0, 0.05) is 25.3 Å². The summed E-state index contributed by atoms with van der Waals surface area (Å²) in [5.74, 6) is 4.63. The van der Waals surface area contributed by atoms with E-state index in [0.29, 0.717) is 25.7 Å². The van der Waals surface area contributed by atoms with Gasteiger partial charge in [-0.1, -0.05) is 0 Å². The van der Waals surface area contributed by atoms with Crippen LogP contribution in [0.1, 0.15) is 18.9 Å². The fourth-order valence-electron chi connectivity index (χ4n) is 1.51. The Hall–Kier alpha value is -1.73. The monoisotopic (exact) mass is 286 g/mol. The van der Waals surface area contributed by atoms with Crippen LogP contribution in [0.25, 0.3) is 0 Å². The summed E-state index contributed by atoms with van der Waals surface area (Å²) in [7, 11) is 0. The summed E-state index contributed by atoms with van der Waals surface area (Å²) in [6, 6.07) is 3.25. The van der Waals surface area contributed by atoms with Gasteiger partial charge < -0.3 is 10.1 Å². The SMILES string of the molecule is CCOCCCNC(=NCc1cc(F)ccc1F)NN. The second kappa shape index (κ2) is 9.22. The van der Waals surface area contributed by atoms with Crippen LogP contribution in [-0.2, 0) is 11.3 Å². The van der Waals surface area contributed by atoms with Gasteiger partial charge in [-0.05, 0) is 31.5 Å². The maximum Gasteiger partial charge on any atom is 0.206 e. The third-order valence-corrected chi connectivity index (χ3v) is 2.51. The van der Waals surface area contributed by atoms with Crippen molar-refractivity contribution in [1.82, 2.24) is 10.7 Å². The summed E-state index contributed by atoms with van der Waals surface area (Å²) in [6.45, 7) is 3.86. The Labute approximate surface area is 117 Å². The van der Waals surface area contributed by atoms with E-state index in [-0.39, 0.29) is 12.1 Å². The number of hydrazine groups is 1. The summed E-state index contributed by atoms with van der Waals surface area (Å²) < 4.78 is 31.6. The predicted octanol–water partition coefficient (Wildman–Crippen LogP) is 1.30. The molecule has 0 saturated carbocycles. The number of aliphatic imine (C=N–C) groups is 1. The van der Waals surface area contributed by atoms with E-state index >= 15 is 0 Å². The number of hydrogen-bond acceptors (Lipinski definition) is 3. The van der Waals surface area contributed by atoms with Gasteiger partial charge in [0.05, 0.1) is 6.54 Å². The molecule has 0 saturated heterocycles. The summed E-state index contributed by atoms with van der Waals surface area (Å²) in [4.78, 5) is 4.05. The van der Waals surface area contributed by atoms with Crippen molar-refractivity contribution in [2.45, 2.75) is 19.9 Å². The molecule has 0 aliphatic heterocycles. The molecule has 0 aliphatic rings. The molecule has 0 unspecified atom stereocenters. The van der Waals surface area contributed by atoms with Crippen LogP contribution < -0.4 is 16.6 Å². The molecule has 5 nitrogen and oxygen atoms in total.